The number of benzene rings is 2. The molecule has 1 aliphatic heterocycles. The Balaban J connectivity index is 1.72. The first kappa shape index (κ1) is 26.2. The molecule has 0 bridgehead atoms. The number of likely N-dealkylation sites (N-methyl/N-ethyl adjacent to an activating group) is 1. The molecule has 3 aromatic rings. The van der Waals surface area contributed by atoms with Crippen molar-refractivity contribution in [3.63, 3.8) is 0 Å². The predicted octanol–water partition coefficient (Wildman–Crippen LogP) is 3.35. The van der Waals surface area contributed by atoms with Crippen molar-refractivity contribution in [2.24, 2.45) is 5.92 Å². The molecule has 192 valence electrons. The lowest BCUT2D eigenvalue weighted by Gasteiger charge is -2.37. The fourth-order valence-electron chi connectivity index (χ4n) is 4.46. The molecular formula is C27H34N4O4S. The lowest BCUT2D eigenvalue weighted by atomic mass is 10.0. The van der Waals surface area contributed by atoms with Gasteiger partial charge in [0.05, 0.1) is 6.61 Å². The standard InChI is InChI=1S/C27H34N4O4S/c1-19-5-7-23(8-6-19)24-9-10-27-25(11-24)35-26(16-30(4)15-22-12-28-18-29-13-22)20(2)14-31(21(3)17-32)36(27,33)34/h5-13,18,20-21,26,32H,14-17H2,1-4H3/t20-,21+,26-/m0/s1. The third kappa shape index (κ3) is 5.75. The second-order valence-corrected chi connectivity index (χ2v) is 11.6. The predicted molar refractivity (Wildman–Crippen MR) is 139 cm³/mol. The molecule has 0 amide bonds. The van der Waals surface area contributed by atoms with E-state index in [1.165, 1.54) is 10.6 Å². The lowest BCUT2D eigenvalue weighted by molar-refractivity contribution is 0.0733. The van der Waals surface area contributed by atoms with Crippen molar-refractivity contribution >= 4 is 10.0 Å². The van der Waals surface area contributed by atoms with Crippen LogP contribution in [0.3, 0.4) is 0 Å². The largest absolute Gasteiger partial charge is 0.487 e. The van der Waals surface area contributed by atoms with Crippen LogP contribution in [-0.2, 0) is 16.6 Å². The van der Waals surface area contributed by atoms with Crippen molar-refractivity contribution in [3.8, 4) is 16.9 Å². The number of aromatic nitrogens is 2. The molecule has 0 saturated heterocycles. The average Bonchev–Trinajstić information content (AvgIpc) is 2.86. The Kier molecular flexibility index (Phi) is 8.04. The highest BCUT2D eigenvalue weighted by atomic mass is 32.2. The molecule has 2 aromatic carbocycles. The van der Waals surface area contributed by atoms with E-state index in [2.05, 4.69) is 14.9 Å². The number of hydrogen-bond acceptors (Lipinski definition) is 7. The van der Waals surface area contributed by atoms with E-state index in [-0.39, 0.29) is 30.1 Å². The van der Waals surface area contributed by atoms with Gasteiger partial charge in [-0.1, -0.05) is 42.8 Å². The quantitative estimate of drug-likeness (QED) is 0.521. The summed E-state index contributed by atoms with van der Waals surface area (Å²) in [7, 11) is -1.88. The number of nitrogens with zero attached hydrogens (tertiary/aromatic N) is 4. The first-order valence-electron chi connectivity index (χ1n) is 12.1. The van der Waals surface area contributed by atoms with Crippen LogP contribution in [0.15, 0.2) is 66.1 Å². The van der Waals surface area contributed by atoms with E-state index in [9.17, 15) is 13.5 Å². The molecule has 0 fully saturated rings. The number of hydrogen-bond donors (Lipinski definition) is 1. The Morgan fingerprint density at radius 3 is 2.47 bits per heavy atom. The van der Waals surface area contributed by atoms with Crippen LogP contribution < -0.4 is 4.74 Å². The second-order valence-electron chi connectivity index (χ2n) is 9.71. The SMILES string of the molecule is Cc1ccc(-c2ccc3c(c2)O[C@@H](CN(C)Cc2cncnc2)[C@@H](C)CN([C@H](C)CO)S3(=O)=O)cc1. The zero-order valence-corrected chi connectivity index (χ0v) is 22.0. The minimum atomic E-state index is -3.87. The molecule has 0 spiro atoms. The molecule has 8 nitrogen and oxygen atoms in total. The van der Waals surface area contributed by atoms with Gasteiger partial charge in [0.15, 0.2) is 0 Å². The van der Waals surface area contributed by atoms with Crippen molar-refractivity contribution in [2.45, 2.75) is 44.4 Å². The van der Waals surface area contributed by atoms with Gasteiger partial charge in [-0.05, 0) is 44.2 Å². The van der Waals surface area contributed by atoms with Gasteiger partial charge in [-0.3, -0.25) is 4.90 Å². The van der Waals surface area contributed by atoms with Crippen molar-refractivity contribution in [1.29, 1.82) is 0 Å². The molecule has 1 aromatic heterocycles. The smallest absolute Gasteiger partial charge is 0.247 e. The van der Waals surface area contributed by atoms with Crippen LogP contribution in [0.1, 0.15) is 25.0 Å². The van der Waals surface area contributed by atoms with Gasteiger partial charge in [0.2, 0.25) is 10.0 Å². The zero-order chi connectivity index (χ0) is 25.9. The van der Waals surface area contributed by atoms with Crippen LogP contribution >= 0.6 is 0 Å². The van der Waals surface area contributed by atoms with Crippen LogP contribution in [0.2, 0.25) is 0 Å². The van der Waals surface area contributed by atoms with Crippen LogP contribution in [0, 0.1) is 12.8 Å². The molecule has 9 heteroatoms. The van der Waals surface area contributed by atoms with Crippen LogP contribution in [-0.4, -0.2) is 71.6 Å². The summed E-state index contributed by atoms with van der Waals surface area (Å²) in [6, 6.07) is 12.8. The van der Waals surface area contributed by atoms with E-state index >= 15 is 0 Å². The van der Waals surface area contributed by atoms with Crippen molar-refractivity contribution in [3.05, 3.63) is 72.3 Å². The Morgan fingerprint density at radius 1 is 1.14 bits per heavy atom. The van der Waals surface area contributed by atoms with E-state index in [4.69, 9.17) is 4.74 Å². The summed E-state index contributed by atoms with van der Waals surface area (Å²) < 4.78 is 35.3. The molecule has 36 heavy (non-hydrogen) atoms. The van der Waals surface area contributed by atoms with E-state index < -0.39 is 16.1 Å². The van der Waals surface area contributed by atoms with E-state index in [1.54, 1.807) is 25.4 Å². The third-order valence-electron chi connectivity index (χ3n) is 6.61. The first-order valence-corrected chi connectivity index (χ1v) is 13.6. The topological polar surface area (TPSA) is 95.9 Å². The highest BCUT2D eigenvalue weighted by Crippen LogP contribution is 2.36. The number of ether oxygens (including phenoxy) is 1. The van der Waals surface area contributed by atoms with Gasteiger partial charge in [0.25, 0.3) is 0 Å². The summed E-state index contributed by atoms with van der Waals surface area (Å²) >= 11 is 0. The molecule has 0 aliphatic carbocycles. The van der Waals surface area contributed by atoms with Gasteiger partial charge in [-0.25, -0.2) is 18.4 Å². The van der Waals surface area contributed by atoms with Crippen LogP contribution in [0.4, 0.5) is 0 Å². The molecule has 0 radical (unpaired) electrons. The van der Waals surface area contributed by atoms with Gasteiger partial charge in [-0.2, -0.15) is 4.31 Å². The highest BCUT2D eigenvalue weighted by molar-refractivity contribution is 7.89. The number of aliphatic hydroxyl groups excluding tert-OH is 1. The van der Waals surface area contributed by atoms with Crippen LogP contribution in [0.25, 0.3) is 11.1 Å². The van der Waals surface area contributed by atoms with Gasteiger partial charge in [-0.15, -0.1) is 0 Å². The number of fused-ring (bicyclic) bond motifs is 1. The maximum absolute atomic E-state index is 13.7. The van der Waals surface area contributed by atoms with Crippen molar-refractivity contribution in [2.75, 3.05) is 26.7 Å². The molecule has 2 heterocycles. The Bertz CT molecular complexity index is 1270. The monoisotopic (exact) mass is 510 g/mol. The maximum Gasteiger partial charge on any atom is 0.247 e. The fraction of sp³-hybridized carbons (Fsp3) is 0.407. The van der Waals surface area contributed by atoms with Gasteiger partial charge >= 0.3 is 0 Å². The third-order valence-corrected chi connectivity index (χ3v) is 8.63. The molecule has 3 atom stereocenters. The van der Waals surface area contributed by atoms with E-state index in [0.717, 1.165) is 22.3 Å². The summed E-state index contributed by atoms with van der Waals surface area (Å²) in [5, 5.41) is 9.85. The molecule has 1 aliphatic rings. The lowest BCUT2D eigenvalue weighted by Crippen LogP contribution is -2.49. The Hall–Kier alpha value is -2.85. The Morgan fingerprint density at radius 2 is 1.81 bits per heavy atom. The summed E-state index contributed by atoms with van der Waals surface area (Å²) in [4.78, 5) is 10.4. The normalized spacial score (nSPS) is 20.7. The Labute approximate surface area is 213 Å². The second kappa shape index (κ2) is 11.0. The summed E-state index contributed by atoms with van der Waals surface area (Å²) in [5.74, 6) is 0.204. The minimum absolute atomic E-state index is 0.120. The van der Waals surface area contributed by atoms with Crippen LogP contribution in [0.5, 0.6) is 5.75 Å². The van der Waals surface area contributed by atoms with Gasteiger partial charge < -0.3 is 9.84 Å². The summed E-state index contributed by atoms with van der Waals surface area (Å²) in [5.41, 5.74) is 4.00. The van der Waals surface area contributed by atoms with E-state index in [1.807, 2.05) is 57.3 Å². The first-order chi connectivity index (χ1) is 17.2. The summed E-state index contributed by atoms with van der Waals surface area (Å²) in [6.07, 6.45) is 4.79. The number of sulfonamides is 1. The number of aliphatic hydroxyl groups is 1. The molecule has 1 N–H and O–H groups in total. The minimum Gasteiger partial charge on any atom is -0.487 e. The van der Waals surface area contributed by atoms with Crippen molar-refractivity contribution in [1.82, 2.24) is 19.2 Å². The molecular weight excluding hydrogens is 476 g/mol. The number of rotatable bonds is 7. The highest BCUT2D eigenvalue weighted by Gasteiger charge is 2.38. The van der Waals surface area contributed by atoms with Gasteiger partial charge in [0.1, 0.15) is 23.1 Å². The molecule has 0 unspecified atom stereocenters. The van der Waals surface area contributed by atoms with Gasteiger partial charge in [0, 0.05) is 49.6 Å². The molecule has 0 saturated carbocycles. The zero-order valence-electron chi connectivity index (χ0n) is 21.2. The molecule has 4 rings (SSSR count). The summed E-state index contributed by atoms with van der Waals surface area (Å²) in [6.45, 7) is 6.94. The van der Waals surface area contributed by atoms with E-state index in [0.29, 0.717) is 18.8 Å². The number of aryl methyl sites for hydroxylation is 1. The fourth-order valence-corrected chi connectivity index (χ4v) is 6.29. The average molecular weight is 511 g/mol. The van der Waals surface area contributed by atoms with Crippen molar-refractivity contribution < 1.29 is 18.3 Å². The maximum atomic E-state index is 13.7.